The summed E-state index contributed by atoms with van der Waals surface area (Å²) in [5, 5.41) is 8.08. The molecule has 2 atom stereocenters. The van der Waals surface area contributed by atoms with Crippen LogP contribution in [0, 0.1) is 12.8 Å². The molecule has 1 heterocycles. The van der Waals surface area contributed by atoms with Crippen molar-refractivity contribution in [2.75, 3.05) is 13.1 Å². The van der Waals surface area contributed by atoms with E-state index >= 15 is 0 Å². The Balaban J connectivity index is 1.85. The number of hydrogen-bond acceptors (Lipinski definition) is 2. The van der Waals surface area contributed by atoms with Crippen molar-refractivity contribution >= 4 is 40.7 Å². The van der Waals surface area contributed by atoms with Gasteiger partial charge in [-0.2, -0.15) is 0 Å². The third-order valence-electron chi connectivity index (χ3n) is 6.07. The van der Waals surface area contributed by atoms with Gasteiger partial charge < -0.3 is 15.2 Å². The van der Waals surface area contributed by atoms with E-state index in [-0.39, 0.29) is 5.91 Å². The first-order chi connectivity index (χ1) is 16.2. The van der Waals surface area contributed by atoms with Crippen LogP contribution < -0.4 is 10.6 Å². The molecule has 7 heteroatoms. The van der Waals surface area contributed by atoms with Crippen molar-refractivity contribution in [3.8, 4) is 16.9 Å². The molecule has 2 N–H and O–H groups in total. The van der Waals surface area contributed by atoms with Crippen LogP contribution in [-0.4, -0.2) is 29.6 Å². The maximum atomic E-state index is 13.1. The van der Waals surface area contributed by atoms with Gasteiger partial charge in [-0.15, -0.1) is 6.58 Å². The standard InChI is InChI=1S/C27H30Cl3N3O/c1-5-6-17(2)19(4)31-13-14-32-27(34)23-16-33(22-11-12-24(29)25(30)15-22)26(18(23)3)20-7-9-21(28)10-8-20/h5,7-12,15-17,19,31H,1,6,13-14H2,2-4H3,(H,32,34). The fourth-order valence-corrected chi connectivity index (χ4v) is 4.29. The summed E-state index contributed by atoms with van der Waals surface area (Å²) in [4.78, 5) is 13.1. The summed E-state index contributed by atoms with van der Waals surface area (Å²) in [5.41, 5.74) is 4.12. The molecule has 0 aliphatic carbocycles. The summed E-state index contributed by atoms with van der Waals surface area (Å²) in [5.74, 6) is 0.359. The summed E-state index contributed by atoms with van der Waals surface area (Å²) in [6.45, 7) is 11.3. The lowest BCUT2D eigenvalue weighted by Crippen LogP contribution is -2.38. The Morgan fingerprint density at radius 3 is 2.41 bits per heavy atom. The van der Waals surface area contributed by atoms with E-state index in [2.05, 4.69) is 31.1 Å². The van der Waals surface area contributed by atoms with Gasteiger partial charge in [0.05, 0.1) is 21.3 Å². The number of nitrogens with zero attached hydrogens (tertiary/aromatic N) is 1. The molecule has 0 aliphatic rings. The third-order valence-corrected chi connectivity index (χ3v) is 7.06. The Morgan fingerprint density at radius 1 is 1.06 bits per heavy atom. The van der Waals surface area contributed by atoms with Crippen LogP contribution in [0.4, 0.5) is 0 Å². The Hall–Kier alpha value is -2.24. The van der Waals surface area contributed by atoms with Crippen molar-refractivity contribution in [1.82, 2.24) is 15.2 Å². The molecule has 1 aromatic heterocycles. The molecule has 2 aromatic carbocycles. The minimum Gasteiger partial charge on any atom is -0.351 e. The van der Waals surface area contributed by atoms with Gasteiger partial charge in [0.1, 0.15) is 0 Å². The van der Waals surface area contributed by atoms with E-state index in [0.717, 1.165) is 28.9 Å². The minimum absolute atomic E-state index is 0.125. The fraction of sp³-hybridized carbons (Fsp3) is 0.296. The molecule has 3 rings (SSSR count). The normalized spacial score (nSPS) is 12.9. The zero-order chi connectivity index (χ0) is 24.8. The molecule has 1 amide bonds. The number of aromatic nitrogens is 1. The highest BCUT2D eigenvalue weighted by atomic mass is 35.5. The van der Waals surface area contributed by atoms with E-state index < -0.39 is 0 Å². The number of allylic oxidation sites excluding steroid dienone is 1. The van der Waals surface area contributed by atoms with E-state index in [4.69, 9.17) is 34.8 Å². The number of amides is 1. The van der Waals surface area contributed by atoms with E-state index in [1.807, 2.05) is 54.1 Å². The van der Waals surface area contributed by atoms with Crippen LogP contribution in [0.2, 0.25) is 15.1 Å². The highest BCUT2D eigenvalue weighted by Gasteiger charge is 2.20. The zero-order valence-electron chi connectivity index (χ0n) is 19.7. The minimum atomic E-state index is -0.125. The second-order valence-corrected chi connectivity index (χ2v) is 9.74. The molecule has 0 saturated heterocycles. The SMILES string of the molecule is C=CCC(C)C(C)NCCNC(=O)c1cn(-c2ccc(Cl)c(Cl)c2)c(-c2ccc(Cl)cc2)c1C. The van der Waals surface area contributed by atoms with Gasteiger partial charge in [0, 0.05) is 36.0 Å². The predicted molar refractivity (Wildman–Crippen MR) is 145 cm³/mol. The molecule has 0 bridgehead atoms. The number of benzene rings is 2. The molecule has 34 heavy (non-hydrogen) atoms. The van der Waals surface area contributed by atoms with Gasteiger partial charge in [-0.05, 0) is 67.6 Å². The van der Waals surface area contributed by atoms with Crippen LogP contribution in [0.1, 0.15) is 36.2 Å². The van der Waals surface area contributed by atoms with Gasteiger partial charge in [-0.3, -0.25) is 4.79 Å². The van der Waals surface area contributed by atoms with Crippen LogP contribution in [-0.2, 0) is 0 Å². The zero-order valence-corrected chi connectivity index (χ0v) is 21.9. The Kier molecular flexibility index (Phi) is 9.26. The lowest BCUT2D eigenvalue weighted by Gasteiger charge is -2.20. The average molecular weight is 519 g/mol. The molecule has 3 aromatic rings. The molecule has 4 nitrogen and oxygen atoms in total. The van der Waals surface area contributed by atoms with Crippen molar-refractivity contribution in [2.24, 2.45) is 5.92 Å². The molecule has 0 saturated carbocycles. The first-order valence-corrected chi connectivity index (χ1v) is 12.4. The third kappa shape index (κ3) is 6.25. The summed E-state index contributed by atoms with van der Waals surface area (Å²) >= 11 is 18.5. The molecular formula is C27H30Cl3N3O. The van der Waals surface area contributed by atoms with Gasteiger partial charge in [0.25, 0.3) is 5.91 Å². The molecular weight excluding hydrogens is 489 g/mol. The molecule has 0 aliphatic heterocycles. The van der Waals surface area contributed by atoms with Crippen molar-refractivity contribution < 1.29 is 4.79 Å². The Bertz CT molecular complexity index is 1150. The number of nitrogens with one attached hydrogen (secondary N) is 2. The van der Waals surface area contributed by atoms with Crippen molar-refractivity contribution in [3.63, 3.8) is 0 Å². The number of halogens is 3. The predicted octanol–water partition coefficient (Wildman–Crippen LogP) is 7.33. The van der Waals surface area contributed by atoms with Gasteiger partial charge in [0.15, 0.2) is 0 Å². The van der Waals surface area contributed by atoms with Crippen molar-refractivity contribution in [3.05, 3.63) is 87.5 Å². The number of carbonyl (C=O) groups is 1. The van der Waals surface area contributed by atoms with E-state index in [1.165, 1.54) is 0 Å². The van der Waals surface area contributed by atoms with Crippen LogP contribution in [0.25, 0.3) is 16.9 Å². The second kappa shape index (κ2) is 11.9. The van der Waals surface area contributed by atoms with E-state index in [1.54, 1.807) is 12.1 Å². The lowest BCUT2D eigenvalue weighted by molar-refractivity contribution is 0.0953. The van der Waals surface area contributed by atoms with Gasteiger partial charge >= 0.3 is 0 Å². The summed E-state index contributed by atoms with van der Waals surface area (Å²) in [6.07, 6.45) is 4.73. The van der Waals surface area contributed by atoms with Crippen LogP contribution >= 0.6 is 34.8 Å². The van der Waals surface area contributed by atoms with Gasteiger partial charge in [-0.25, -0.2) is 0 Å². The second-order valence-electron chi connectivity index (χ2n) is 8.49. The van der Waals surface area contributed by atoms with Gasteiger partial charge in [-0.1, -0.05) is 59.9 Å². The first kappa shape index (κ1) is 26.4. The maximum absolute atomic E-state index is 13.1. The number of carbonyl (C=O) groups excluding carboxylic acids is 1. The van der Waals surface area contributed by atoms with Gasteiger partial charge in [0.2, 0.25) is 0 Å². The van der Waals surface area contributed by atoms with Crippen LogP contribution in [0.5, 0.6) is 0 Å². The smallest absolute Gasteiger partial charge is 0.253 e. The molecule has 0 radical (unpaired) electrons. The maximum Gasteiger partial charge on any atom is 0.253 e. The highest BCUT2D eigenvalue weighted by Crippen LogP contribution is 2.33. The molecule has 0 spiro atoms. The Labute approximate surface area is 216 Å². The largest absolute Gasteiger partial charge is 0.351 e. The topological polar surface area (TPSA) is 46.1 Å². The quantitative estimate of drug-likeness (QED) is 0.218. The summed E-state index contributed by atoms with van der Waals surface area (Å²) < 4.78 is 1.97. The van der Waals surface area contributed by atoms with Crippen LogP contribution in [0.15, 0.2) is 61.3 Å². The summed E-state index contributed by atoms with van der Waals surface area (Å²) in [7, 11) is 0. The molecule has 2 unspecified atom stereocenters. The monoisotopic (exact) mass is 517 g/mol. The number of rotatable bonds is 10. The van der Waals surface area contributed by atoms with E-state index in [9.17, 15) is 4.79 Å². The first-order valence-electron chi connectivity index (χ1n) is 11.3. The van der Waals surface area contributed by atoms with Crippen molar-refractivity contribution in [1.29, 1.82) is 0 Å². The summed E-state index contributed by atoms with van der Waals surface area (Å²) in [6, 6.07) is 13.3. The lowest BCUT2D eigenvalue weighted by atomic mass is 10.00. The molecule has 180 valence electrons. The fourth-order valence-electron chi connectivity index (χ4n) is 3.87. The average Bonchev–Trinajstić information content (AvgIpc) is 3.16. The molecule has 0 fully saturated rings. The number of hydrogen-bond donors (Lipinski definition) is 2. The Morgan fingerprint density at radius 2 is 1.76 bits per heavy atom. The van der Waals surface area contributed by atoms with Crippen LogP contribution in [0.3, 0.4) is 0 Å². The van der Waals surface area contributed by atoms with Crippen molar-refractivity contribution in [2.45, 2.75) is 33.2 Å². The highest BCUT2D eigenvalue weighted by molar-refractivity contribution is 6.42. The van der Waals surface area contributed by atoms with E-state index in [0.29, 0.717) is 45.7 Å².